The van der Waals surface area contributed by atoms with E-state index in [-0.39, 0.29) is 40.9 Å². The van der Waals surface area contributed by atoms with Crippen LogP contribution in [0.2, 0.25) is 0 Å². The van der Waals surface area contributed by atoms with Crippen LogP contribution >= 0.6 is 0 Å². The molecule has 25 heteroatoms. The van der Waals surface area contributed by atoms with E-state index < -0.39 is 128 Å². The summed E-state index contributed by atoms with van der Waals surface area (Å²) in [5.74, 6) is -11.7. The Morgan fingerprint density at radius 2 is 1.28 bits per heavy atom. The highest BCUT2D eigenvalue weighted by atomic mass is 19.4. The van der Waals surface area contributed by atoms with Gasteiger partial charge in [0.05, 0.1) is 46.1 Å². The van der Waals surface area contributed by atoms with Crippen LogP contribution in [0.5, 0.6) is 11.8 Å². The summed E-state index contributed by atoms with van der Waals surface area (Å²) in [6.45, 7) is 10.2. The smallest absolute Gasteiger partial charge is 0.416 e. The number of halogens is 3. The number of carbonyl (C=O) groups excluding carboxylic acids is 3. The molecule has 0 spiro atoms. The molecule has 0 saturated carbocycles. The number of alkyl halides is 3. The van der Waals surface area contributed by atoms with Crippen LogP contribution in [-0.4, -0.2) is 157 Å². The summed E-state index contributed by atoms with van der Waals surface area (Å²) in [5.41, 5.74) is 6.15. The maximum atomic E-state index is 14.9. The fourth-order valence-electron chi connectivity index (χ4n) is 11.5. The van der Waals surface area contributed by atoms with E-state index in [4.69, 9.17) is 14.7 Å². The molecule has 3 amide bonds. The minimum atomic E-state index is -4.67. The standard InChI is InChI=1S/C61H73F3N8O14/c1-10-12-13-14-19-86-36(8)53-33(5)41-21-43-35(7)60(9,18-17-46(73)69(25-47(74)70(27-49(76)77)28-50(78)79)26-48(75)71(29-51(80)81)30-52(82)83)57(68-43)55-56-54(58(84)72(59(55)85)24-37-15-16-38(20-31(37)3)61(62,63)64)34(6)42(67-56)22-44-39(11-2)32(4)40(65-44)23-45(53)66-41/h15-16,20-23,35-36,65-66,84-85H,10-14,17-19,24-30H2,1-9H3,(H,76,77)(H,78,79)(H,80,81)(H,82,83). The van der Waals surface area contributed by atoms with Crippen LogP contribution < -0.4 is 0 Å². The fraction of sp³-hybridized carbons (Fsp3) is 0.459. The molecule has 6 heterocycles. The third-order valence-electron chi connectivity index (χ3n) is 16.5. The van der Waals surface area contributed by atoms with Crippen LogP contribution in [0, 0.1) is 27.7 Å². The Labute approximate surface area is 492 Å². The topological polar surface area (TPSA) is 322 Å². The molecule has 22 nitrogen and oxygen atoms in total. The number of aromatic hydroxyl groups is 2. The Morgan fingerprint density at radius 1 is 0.709 bits per heavy atom. The molecule has 3 aromatic heterocycles. The van der Waals surface area contributed by atoms with Gasteiger partial charge < -0.3 is 60.0 Å². The maximum absolute atomic E-state index is 14.9. The maximum Gasteiger partial charge on any atom is 0.416 e. The number of unbranched alkanes of at least 4 members (excludes halogenated alkanes) is 3. The van der Waals surface area contributed by atoms with Crippen molar-refractivity contribution in [2.75, 3.05) is 45.9 Å². The number of hydrogen-bond donors (Lipinski definition) is 8. The quantitative estimate of drug-likeness (QED) is 0.0248. The highest BCUT2D eigenvalue weighted by Gasteiger charge is 2.45. The van der Waals surface area contributed by atoms with Gasteiger partial charge in [-0.05, 0) is 118 Å². The molecule has 7 rings (SSSR count). The monoisotopic (exact) mass is 1200 g/mol. The van der Waals surface area contributed by atoms with Gasteiger partial charge in [0.25, 0.3) is 0 Å². The van der Waals surface area contributed by atoms with Crippen molar-refractivity contribution in [1.29, 1.82) is 0 Å². The zero-order chi connectivity index (χ0) is 63.4. The summed E-state index contributed by atoms with van der Waals surface area (Å²) in [6.07, 6.45) is -1.36. The molecule has 462 valence electrons. The molecule has 1 aromatic carbocycles. The lowest BCUT2D eigenvalue weighted by Gasteiger charge is -2.32. The van der Waals surface area contributed by atoms with Gasteiger partial charge in [-0.3, -0.25) is 43.1 Å². The van der Waals surface area contributed by atoms with Gasteiger partial charge in [0.2, 0.25) is 29.5 Å². The van der Waals surface area contributed by atoms with Crippen LogP contribution in [0.4, 0.5) is 13.2 Å². The molecule has 3 unspecified atom stereocenters. The highest BCUT2D eigenvalue weighted by Crippen LogP contribution is 2.53. The number of carboxylic acid groups (broad SMARTS) is 4. The van der Waals surface area contributed by atoms with Crippen molar-refractivity contribution in [3.05, 3.63) is 92.3 Å². The summed E-state index contributed by atoms with van der Waals surface area (Å²) in [7, 11) is 0. The highest BCUT2D eigenvalue weighted by molar-refractivity contribution is 5.97. The zero-order valence-corrected chi connectivity index (χ0v) is 49.5. The van der Waals surface area contributed by atoms with Crippen molar-refractivity contribution in [3.63, 3.8) is 0 Å². The van der Waals surface area contributed by atoms with Crippen molar-refractivity contribution >= 4 is 74.6 Å². The van der Waals surface area contributed by atoms with Crippen molar-refractivity contribution < 1.29 is 82.1 Å². The molecule has 0 fully saturated rings. The normalized spacial score (nSPS) is 15.0. The molecule has 3 aliphatic heterocycles. The summed E-state index contributed by atoms with van der Waals surface area (Å²) < 4.78 is 49.6. The number of aromatic amines is 2. The zero-order valence-electron chi connectivity index (χ0n) is 49.5. The molecule has 0 aliphatic carbocycles. The number of nitrogens with one attached hydrogen (secondary N) is 2. The summed E-state index contributed by atoms with van der Waals surface area (Å²) in [4.78, 5) is 109. The largest absolute Gasteiger partial charge is 0.494 e. The van der Waals surface area contributed by atoms with Gasteiger partial charge in [0.1, 0.15) is 39.3 Å². The van der Waals surface area contributed by atoms with E-state index in [0.717, 1.165) is 75.7 Å². The third kappa shape index (κ3) is 13.8. The number of aliphatic carboxylic acids is 4. The number of pyridine rings is 1. The van der Waals surface area contributed by atoms with E-state index in [0.29, 0.717) is 61.1 Å². The van der Waals surface area contributed by atoms with E-state index in [1.807, 2.05) is 52.8 Å². The number of rotatable bonds is 25. The van der Waals surface area contributed by atoms with Crippen LogP contribution in [0.15, 0.2) is 36.4 Å². The molecular formula is C61H73F3N8O14. The molecule has 0 radical (unpaired) electrons. The van der Waals surface area contributed by atoms with E-state index in [2.05, 4.69) is 16.9 Å². The van der Waals surface area contributed by atoms with E-state index in [1.165, 1.54) is 13.0 Å². The number of amides is 3. The lowest BCUT2D eigenvalue weighted by Crippen LogP contribution is -2.51. The molecule has 3 aliphatic rings. The molecule has 4 aromatic rings. The second kappa shape index (κ2) is 26.3. The predicted molar refractivity (Wildman–Crippen MR) is 310 cm³/mol. The number of aryl methyl sites for hydroxylation is 5. The van der Waals surface area contributed by atoms with Crippen LogP contribution in [-0.2, 0) is 62.9 Å². The molecule has 86 heavy (non-hydrogen) atoms. The Kier molecular flexibility index (Phi) is 19.8. The van der Waals surface area contributed by atoms with E-state index in [9.17, 15) is 77.4 Å². The number of aromatic nitrogens is 5. The van der Waals surface area contributed by atoms with Crippen LogP contribution in [0.25, 0.3) is 44.2 Å². The summed E-state index contributed by atoms with van der Waals surface area (Å²) in [6, 6.07) is 8.77. The van der Waals surface area contributed by atoms with Gasteiger partial charge in [-0.2, -0.15) is 13.2 Å². The Hall–Kier alpha value is -8.74. The third-order valence-corrected chi connectivity index (χ3v) is 16.5. The van der Waals surface area contributed by atoms with E-state index in [1.54, 1.807) is 13.8 Å². The lowest BCUT2D eigenvalue weighted by molar-refractivity contribution is -0.153. The van der Waals surface area contributed by atoms with Gasteiger partial charge in [-0.15, -0.1) is 0 Å². The van der Waals surface area contributed by atoms with Gasteiger partial charge in [0, 0.05) is 57.7 Å². The predicted octanol–water partition coefficient (Wildman–Crippen LogP) is 9.10. The van der Waals surface area contributed by atoms with Crippen LogP contribution in [0.3, 0.4) is 0 Å². The number of fused-ring (bicyclic) bond motifs is 8. The van der Waals surface area contributed by atoms with Crippen LogP contribution in [0.1, 0.15) is 141 Å². The van der Waals surface area contributed by atoms with Gasteiger partial charge >= 0.3 is 30.1 Å². The Bertz CT molecular complexity index is 3650. The number of carbonyl (C=O) groups is 7. The SMILES string of the molecule is CCCCCCOC(C)c1c(C)c2cc3nc(c4c5nc(cc6[nH]c(cc1[nH]2)c(C)c6CC)c(C)c-5c(O)n(Cc1ccc(C(F)(F)F)cc1C)c4O)C(C)(CCC(=O)N(CC(=O)N(CC(=O)O)CC(=O)O)CC(=O)N(CC(=O)O)CC(=O)O)C3C. The van der Waals surface area contributed by atoms with Crippen molar-refractivity contribution in [2.45, 2.75) is 137 Å². The average molecular weight is 1200 g/mol. The van der Waals surface area contributed by atoms with E-state index >= 15 is 0 Å². The molecular weight excluding hydrogens is 1130 g/mol. The number of H-pyrrole nitrogens is 2. The average Bonchev–Trinajstić information content (AvgIpc) is 1.61. The molecule has 3 atom stereocenters. The molecule has 0 saturated heterocycles. The number of hydrogen-bond acceptors (Lipinski definition) is 12. The van der Waals surface area contributed by atoms with Crippen molar-refractivity contribution in [3.8, 4) is 23.0 Å². The van der Waals surface area contributed by atoms with Crippen molar-refractivity contribution in [2.24, 2.45) is 0 Å². The van der Waals surface area contributed by atoms with Crippen molar-refractivity contribution in [1.82, 2.24) is 39.2 Å². The fourth-order valence-corrected chi connectivity index (χ4v) is 11.5. The van der Waals surface area contributed by atoms with Gasteiger partial charge in [0.15, 0.2) is 0 Å². The number of nitrogens with zero attached hydrogens (tertiary/aromatic N) is 6. The first-order chi connectivity index (χ1) is 40.4. The first kappa shape index (κ1) is 64.8. The second-order valence-electron chi connectivity index (χ2n) is 22.3. The number of carboxylic acids is 4. The van der Waals surface area contributed by atoms with Gasteiger partial charge in [-0.25, -0.2) is 4.98 Å². The summed E-state index contributed by atoms with van der Waals surface area (Å²) in [5, 5.41) is 63.7. The lowest BCUT2D eigenvalue weighted by atomic mass is 9.71. The summed E-state index contributed by atoms with van der Waals surface area (Å²) >= 11 is 0. The Balaban J connectivity index is 1.52. The minimum absolute atomic E-state index is 0.0253. The second-order valence-corrected chi connectivity index (χ2v) is 22.3. The number of ether oxygens (including phenoxy) is 1. The molecule has 8 bridgehead atoms. The first-order valence-electron chi connectivity index (χ1n) is 28.3. The Morgan fingerprint density at radius 3 is 1.83 bits per heavy atom. The number of benzene rings is 1. The first-order valence-corrected chi connectivity index (χ1v) is 28.3. The molecule has 8 N–H and O–H groups in total. The minimum Gasteiger partial charge on any atom is -0.494 e. The van der Waals surface area contributed by atoms with Gasteiger partial charge in [-0.1, -0.05) is 53.0 Å².